The Morgan fingerprint density at radius 3 is 2.50 bits per heavy atom. The van der Waals surface area contributed by atoms with Crippen LogP contribution >= 0.6 is 0 Å². The number of anilines is 1. The zero-order valence-corrected chi connectivity index (χ0v) is 10.4. The number of aryl methyl sites for hydroxylation is 1. The first-order valence-corrected chi connectivity index (χ1v) is 6.88. The van der Waals surface area contributed by atoms with Gasteiger partial charge in [-0.2, -0.15) is 21.6 Å². The van der Waals surface area contributed by atoms with Gasteiger partial charge in [0.05, 0.1) is 5.69 Å². The van der Waals surface area contributed by atoms with E-state index in [0.29, 0.717) is 22.7 Å². The predicted octanol–water partition coefficient (Wildman–Crippen LogP) is 2.68. The molecule has 1 aromatic carbocycles. The predicted molar refractivity (Wildman–Crippen MR) is 61.7 cm³/mol. The second-order valence-electron chi connectivity index (χ2n) is 4.26. The summed E-state index contributed by atoms with van der Waals surface area (Å²) in [7, 11) is -5.33. The first-order valence-electron chi connectivity index (χ1n) is 5.44. The number of benzene rings is 1. The Morgan fingerprint density at radius 2 is 1.89 bits per heavy atom. The smallest absolute Gasteiger partial charge is 0.260 e. The molecule has 3 nitrogen and oxygen atoms in total. The van der Waals surface area contributed by atoms with Crippen molar-refractivity contribution in [2.75, 3.05) is 4.31 Å². The van der Waals surface area contributed by atoms with E-state index < -0.39 is 21.6 Å². The van der Waals surface area contributed by atoms with Crippen LogP contribution in [0.25, 0.3) is 0 Å². The molecule has 2 rings (SSSR count). The maximum Gasteiger partial charge on any atom is 0.516 e. The van der Waals surface area contributed by atoms with E-state index in [1.54, 1.807) is 12.1 Å². The lowest BCUT2D eigenvalue weighted by Crippen LogP contribution is -2.48. The molecule has 0 aromatic heterocycles. The fourth-order valence-electron chi connectivity index (χ4n) is 2.13. The van der Waals surface area contributed by atoms with Crippen molar-refractivity contribution in [1.29, 1.82) is 0 Å². The average Bonchev–Trinajstić information content (AvgIpc) is 2.26. The van der Waals surface area contributed by atoms with Crippen LogP contribution in [0.5, 0.6) is 0 Å². The molecule has 1 heterocycles. The highest BCUT2D eigenvalue weighted by Gasteiger charge is 2.52. The van der Waals surface area contributed by atoms with Gasteiger partial charge in [0.15, 0.2) is 0 Å². The van der Waals surface area contributed by atoms with E-state index in [-0.39, 0.29) is 5.69 Å². The largest absolute Gasteiger partial charge is 0.516 e. The van der Waals surface area contributed by atoms with Gasteiger partial charge in [-0.05, 0) is 31.4 Å². The second kappa shape index (κ2) is 4.15. The SMILES string of the molecule is CC1CCc2ccccc2N1S(=O)(=O)C(F)(F)F. The molecule has 0 fully saturated rings. The quantitative estimate of drug-likeness (QED) is 0.792. The highest BCUT2D eigenvalue weighted by Crippen LogP contribution is 2.38. The van der Waals surface area contributed by atoms with E-state index >= 15 is 0 Å². The van der Waals surface area contributed by atoms with E-state index in [2.05, 4.69) is 0 Å². The van der Waals surface area contributed by atoms with Gasteiger partial charge in [-0.3, -0.25) is 4.31 Å². The highest BCUT2D eigenvalue weighted by atomic mass is 32.2. The van der Waals surface area contributed by atoms with Crippen LogP contribution in [0.2, 0.25) is 0 Å². The van der Waals surface area contributed by atoms with Crippen molar-refractivity contribution in [1.82, 2.24) is 0 Å². The molecule has 1 aromatic rings. The van der Waals surface area contributed by atoms with Crippen LogP contribution in [-0.4, -0.2) is 20.0 Å². The number of alkyl halides is 3. The summed E-state index contributed by atoms with van der Waals surface area (Å²) in [6, 6.07) is 5.60. The minimum atomic E-state index is -5.33. The molecule has 1 aliphatic rings. The van der Waals surface area contributed by atoms with E-state index in [1.165, 1.54) is 19.1 Å². The minimum absolute atomic E-state index is 0.133. The maximum absolute atomic E-state index is 12.7. The first-order chi connectivity index (χ1) is 8.25. The van der Waals surface area contributed by atoms with Crippen LogP contribution in [0, 0.1) is 0 Å². The monoisotopic (exact) mass is 279 g/mol. The Bertz CT molecular complexity index is 554. The Balaban J connectivity index is 2.58. The van der Waals surface area contributed by atoms with Crippen LogP contribution in [0.15, 0.2) is 24.3 Å². The summed E-state index contributed by atoms with van der Waals surface area (Å²) in [6.45, 7) is 1.49. The number of sulfonamides is 1. The molecule has 0 amide bonds. The van der Waals surface area contributed by atoms with E-state index in [0.717, 1.165) is 0 Å². The number of para-hydroxylation sites is 1. The fourth-order valence-corrected chi connectivity index (χ4v) is 3.37. The lowest BCUT2D eigenvalue weighted by Gasteiger charge is -2.36. The van der Waals surface area contributed by atoms with Crippen molar-refractivity contribution in [3.8, 4) is 0 Å². The zero-order chi connectivity index (χ0) is 13.6. The third-order valence-electron chi connectivity index (χ3n) is 3.01. The third-order valence-corrected chi connectivity index (χ3v) is 4.67. The molecule has 0 spiro atoms. The van der Waals surface area contributed by atoms with Crippen LogP contribution in [-0.2, 0) is 16.4 Å². The van der Waals surface area contributed by atoms with Gasteiger partial charge >= 0.3 is 15.5 Å². The van der Waals surface area contributed by atoms with Crippen molar-refractivity contribution in [3.05, 3.63) is 29.8 Å². The Hall–Kier alpha value is -1.24. The molecule has 7 heteroatoms. The van der Waals surface area contributed by atoms with Crippen LogP contribution in [0.4, 0.5) is 18.9 Å². The Kier molecular flexibility index (Phi) is 3.04. The lowest BCUT2D eigenvalue weighted by molar-refractivity contribution is -0.0440. The van der Waals surface area contributed by atoms with Crippen molar-refractivity contribution >= 4 is 15.7 Å². The van der Waals surface area contributed by atoms with Gasteiger partial charge in [-0.1, -0.05) is 18.2 Å². The average molecular weight is 279 g/mol. The molecular weight excluding hydrogens is 267 g/mol. The molecule has 0 aliphatic carbocycles. The molecule has 0 bridgehead atoms. The first kappa shape index (κ1) is 13.2. The number of nitrogens with zero attached hydrogens (tertiary/aromatic N) is 1. The van der Waals surface area contributed by atoms with Crippen molar-refractivity contribution in [3.63, 3.8) is 0 Å². The summed E-state index contributed by atoms with van der Waals surface area (Å²) in [6.07, 6.45) is 0.966. The molecular formula is C11H12F3NO2S. The lowest BCUT2D eigenvalue weighted by atomic mass is 9.99. The molecule has 100 valence electrons. The van der Waals surface area contributed by atoms with Gasteiger partial charge in [0, 0.05) is 6.04 Å². The normalized spacial score (nSPS) is 20.7. The summed E-state index contributed by atoms with van der Waals surface area (Å²) in [4.78, 5) is 0. The highest BCUT2D eigenvalue weighted by molar-refractivity contribution is 7.93. The summed E-state index contributed by atoms with van der Waals surface area (Å²) < 4.78 is 61.6. The topological polar surface area (TPSA) is 37.4 Å². The zero-order valence-electron chi connectivity index (χ0n) is 9.61. The van der Waals surface area contributed by atoms with Gasteiger partial charge in [-0.15, -0.1) is 0 Å². The molecule has 18 heavy (non-hydrogen) atoms. The fraction of sp³-hybridized carbons (Fsp3) is 0.455. The molecule has 1 atom stereocenters. The van der Waals surface area contributed by atoms with Crippen molar-refractivity contribution < 1.29 is 21.6 Å². The van der Waals surface area contributed by atoms with Gasteiger partial charge in [0.25, 0.3) is 0 Å². The number of rotatable bonds is 1. The minimum Gasteiger partial charge on any atom is -0.260 e. The summed E-state index contributed by atoms with van der Waals surface area (Å²) >= 11 is 0. The van der Waals surface area contributed by atoms with Crippen LogP contribution in [0.3, 0.4) is 0 Å². The number of hydrogen-bond acceptors (Lipinski definition) is 2. The number of halogens is 3. The van der Waals surface area contributed by atoms with Crippen molar-refractivity contribution in [2.24, 2.45) is 0 Å². The molecule has 0 saturated heterocycles. The third kappa shape index (κ3) is 1.96. The second-order valence-corrected chi connectivity index (χ2v) is 6.07. The van der Waals surface area contributed by atoms with E-state index in [9.17, 15) is 21.6 Å². The maximum atomic E-state index is 12.7. The van der Waals surface area contributed by atoms with E-state index in [4.69, 9.17) is 0 Å². The number of fused-ring (bicyclic) bond motifs is 1. The van der Waals surface area contributed by atoms with Gasteiger partial charge in [0.1, 0.15) is 0 Å². The molecule has 0 N–H and O–H groups in total. The van der Waals surface area contributed by atoms with Gasteiger partial charge in [-0.25, -0.2) is 0 Å². The molecule has 1 unspecified atom stereocenters. The van der Waals surface area contributed by atoms with Crippen molar-refractivity contribution in [2.45, 2.75) is 31.3 Å². The summed E-state index contributed by atoms with van der Waals surface area (Å²) in [5.41, 5.74) is -4.51. The van der Waals surface area contributed by atoms with E-state index in [1.807, 2.05) is 0 Å². The van der Waals surface area contributed by atoms with Gasteiger partial charge < -0.3 is 0 Å². The van der Waals surface area contributed by atoms with Crippen LogP contribution < -0.4 is 4.31 Å². The number of hydrogen-bond donors (Lipinski definition) is 0. The summed E-state index contributed by atoms with van der Waals surface area (Å²) in [5.74, 6) is 0. The standard InChI is InChI=1S/C11H12F3NO2S/c1-8-6-7-9-4-2-3-5-10(9)15(8)18(16,17)11(12,13)14/h2-5,8H,6-7H2,1H3. The summed E-state index contributed by atoms with van der Waals surface area (Å²) in [5, 5.41) is 0. The molecule has 0 radical (unpaired) electrons. The Morgan fingerprint density at radius 1 is 1.28 bits per heavy atom. The Labute approximate surface area is 103 Å². The van der Waals surface area contributed by atoms with Gasteiger partial charge in [0.2, 0.25) is 0 Å². The molecule has 0 saturated carbocycles. The molecule has 1 aliphatic heterocycles. The van der Waals surface area contributed by atoms with Crippen LogP contribution in [0.1, 0.15) is 18.9 Å².